The number of nitrogens with two attached hydrogens (primary N) is 1. The maximum Gasteiger partial charge on any atom is 0.0615 e. The normalized spacial score (nSPS) is 15.2. The molecule has 15 heavy (non-hydrogen) atoms. The molecule has 0 aromatic heterocycles. The molecule has 4 nitrogen and oxygen atoms in total. The Labute approximate surface area is 93.2 Å². The Hall–Kier alpha value is -0.160. The quantitative estimate of drug-likeness (QED) is 0.499. The second-order valence-electron chi connectivity index (χ2n) is 3.87. The monoisotopic (exact) mass is 218 g/mol. The fraction of sp³-hybridized carbons (Fsp3) is 1.00. The number of ether oxygens (including phenoxy) is 1. The molecule has 0 fully saturated rings. The third kappa shape index (κ3) is 7.73. The maximum absolute atomic E-state index is 8.90. The summed E-state index contributed by atoms with van der Waals surface area (Å²) in [6.45, 7) is 3.79. The number of hydrogen-bond donors (Lipinski definition) is 3. The van der Waals surface area contributed by atoms with E-state index < -0.39 is 0 Å². The second-order valence-corrected chi connectivity index (χ2v) is 3.87. The van der Waals surface area contributed by atoms with E-state index in [1.54, 1.807) is 7.11 Å². The average Bonchev–Trinajstić information content (AvgIpc) is 2.25. The van der Waals surface area contributed by atoms with Crippen molar-refractivity contribution in [3.63, 3.8) is 0 Å². The highest BCUT2D eigenvalue weighted by molar-refractivity contribution is 4.73. The summed E-state index contributed by atoms with van der Waals surface area (Å²) in [6.07, 6.45) is 3.88. The molecule has 2 unspecified atom stereocenters. The van der Waals surface area contributed by atoms with Gasteiger partial charge in [0.2, 0.25) is 0 Å². The summed E-state index contributed by atoms with van der Waals surface area (Å²) in [5, 5.41) is 12.4. The van der Waals surface area contributed by atoms with Gasteiger partial charge in [-0.3, -0.25) is 0 Å². The van der Waals surface area contributed by atoms with E-state index in [9.17, 15) is 0 Å². The molecule has 0 rings (SSSR count). The van der Waals surface area contributed by atoms with Crippen molar-refractivity contribution in [3.05, 3.63) is 0 Å². The van der Waals surface area contributed by atoms with Crippen molar-refractivity contribution in [2.75, 3.05) is 26.9 Å². The molecular weight excluding hydrogens is 192 g/mol. The van der Waals surface area contributed by atoms with Crippen LogP contribution in [0.2, 0.25) is 0 Å². The first kappa shape index (κ1) is 14.8. The fourth-order valence-corrected chi connectivity index (χ4v) is 1.67. The highest BCUT2D eigenvalue weighted by atomic mass is 16.5. The Balaban J connectivity index is 3.87. The third-order valence-electron chi connectivity index (χ3n) is 2.57. The lowest BCUT2D eigenvalue weighted by atomic mass is 10.1. The summed E-state index contributed by atoms with van der Waals surface area (Å²) in [6, 6.07) is 0.739. The zero-order valence-electron chi connectivity index (χ0n) is 10.0. The molecule has 0 aliphatic rings. The molecule has 0 saturated heterocycles. The van der Waals surface area contributed by atoms with E-state index in [4.69, 9.17) is 15.6 Å². The van der Waals surface area contributed by atoms with Gasteiger partial charge in [-0.25, -0.2) is 0 Å². The summed E-state index contributed by atoms with van der Waals surface area (Å²) in [5.74, 6) is 0. The highest BCUT2D eigenvalue weighted by Gasteiger charge is 2.12. The van der Waals surface area contributed by atoms with Gasteiger partial charge in [-0.05, 0) is 32.2 Å². The van der Waals surface area contributed by atoms with Gasteiger partial charge in [0, 0.05) is 25.8 Å². The van der Waals surface area contributed by atoms with Crippen molar-refractivity contribution in [3.8, 4) is 0 Å². The molecule has 0 saturated carbocycles. The highest BCUT2D eigenvalue weighted by Crippen LogP contribution is 2.03. The smallest absolute Gasteiger partial charge is 0.0615 e. The number of nitrogens with one attached hydrogen (secondary N) is 1. The standard InChI is InChI=1S/C11H26N2O2/c1-3-10(6-8-14)13-11(9-15-2)5-4-7-12/h10-11,13-14H,3-9,12H2,1-2H3. The molecule has 0 spiro atoms. The van der Waals surface area contributed by atoms with Gasteiger partial charge < -0.3 is 20.9 Å². The zero-order valence-corrected chi connectivity index (χ0v) is 10.0. The van der Waals surface area contributed by atoms with Gasteiger partial charge in [0.1, 0.15) is 0 Å². The predicted octanol–water partition coefficient (Wildman–Crippen LogP) is 0.491. The molecular formula is C11H26N2O2. The summed E-state index contributed by atoms with van der Waals surface area (Å²) < 4.78 is 5.16. The number of methoxy groups -OCH3 is 1. The van der Waals surface area contributed by atoms with Crippen LogP contribution < -0.4 is 11.1 Å². The van der Waals surface area contributed by atoms with E-state index in [-0.39, 0.29) is 6.61 Å². The van der Waals surface area contributed by atoms with E-state index >= 15 is 0 Å². The molecule has 0 aromatic carbocycles. The average molecular weight is 218 g/mol. The van der Waals surface area contributed by atoms with Crippen molar-refractivity contribution in [2.24, 2.45) is 5.73 Å². The number of rotatable bonds is 10. The third-order valence-corrected chi connectivity index (χ3v) is 2.57. The van der Waals surface area contributed by atoms with E-state index in [0.29, 0.717) is 18.7 Å². The molecule has 0 heterocycles. The fourth-order valence-electron chi connectivity index (χ4n) is 1.67. The Kier molecular flexibility index (Phi) is 10.3. The van der Waals surface area contributed by atoms with Crippen LogP contribution in [-0.2, 0) is 4.74 Å². The molecule has 0 amide bonds. The molecule has 2 atom stereocenters. The van der Waals surface area contributed by atoms with Crippen LogP contribution in [0.3, 0.4) is 0 Å². The lowest BCUT2D eigenvalue weighted by Gasteiger charge is -2.24. The molecule has 92 valence electrons. The van der Waals surface area contributed by atoms with Gasteiger partial charge in [0.25, 0.3) is 0 Å². The minimum atomic E-state index is 0.238. The molecule has 0 radical (unpaired) electrons. The van der Waals surface area contributed by atoms with Crippen LogP contribution in [0.1, 0.15) is 32.6 Å². The summed E-state index contributed by atoms with van der Waals surface area (Å²) in [4.78, 5) is 0. The van der Waals surface area contributed by atoms with Crippen molar-refractivity contribution < 1.29 is 9.84 Å². The Morgan fingerprint density at radius 3 is 2.53 bits per heavy atom. The Bertz CT molecular complexity index is 134. The first-order valence-corrected chi connectivity index (χ1v) is 5.84. The van der Waals surface area contributed by atoms with Gasteiger partial charge in [0.15, 0.2) is 0 Å². The second kappa shape index (κ2) is 10.4. The van der Waals surface area contributed by atoms with Crippen LogP contribution >= 0.6 is 0 Å². The van der Waals surface area contributed by atoms with Crippen LogP contribution in [0.15, 0.2) is 0 Å². The lowest BCUT2D eigenvalue weighted by Crippen LogP contribution is -2.41. The Morgan fingerprint density at radius 2 is 2.07 bits per heavy atom. The first-order chi connectivity index (χ1) is 7.28. The molecule has 0 aliphatic carbocycles. The van der Waals surface area contributed by atoms with E-state index in [1.165, 1.54) is 0 Å². The van der Waals surface area contributed by atoms with Crippen LogP contribution in [0.25, 0.3) is 0 Å². The number of hydrogen-bond acceptors (Lipinski definition) is 4. The SMILES string of the molecule is CCC(CCO)NC(CCCN)COC. The van der Waals surface area contributed by atoms with Gasteiger partial charge in [-0.2, -0.15) is 0 Å². The van der Waals surface area contributed by atoms with Gasteiger partial charge >= 0.3 is 0 Å². The van der Waals surface area contributed by atoms with Crippen molar-refractivity contribution >= 4 is 0 Å². The summed E-state index contributed by atoms with van der Waals surface area (Å²) in [5.41, 5.74) is 5.49. The minimum Gasteiger partial charge on any atom is -0.396 e. The predicted molar refractivity (Wildman–Crippen MR) is 62.9 cm³/mol. The largest absolute Gasteiger partial charge is 0.396 e. The maximum atomic E-state index is 8.90. The molecule has 0 bridgehead atoms. The zero-order chi connectivity index (χ0) is 11.5. The topological polar surface area (TPSA) is 67.5 Å². The van der Waals surface area contributed by atoms with E-state index in [0.717, 1.165) is 32.2 Å². The first-order valence-electron chi connectivity index (χ1n) is 5.84. The molecule has 0 aliphatic heterocycles. The van der Waals surface area contributed by atoms with Crippen LogP contribution in [0.4, 0.5) is 0 Å². The molecule has 0 aromatic rings. The number of aliphatic hydroxyl groups excluding tert-OH is 1. The lowest BCUT2D eigenvalue weighted by molar-refractivity contribution is 0.150. The van der Waals surface area contributed by atoms with E-state index in [2.05, 4.69) is 12.2 Å². The minimum absolute atomic E-state index is 0.238. The van der Waals surface area contributed by atoms with Crippen molar-refractivity contribution in [1.29, 1.82) is 0 Å². The summed E-state index contributed by atoms with van der Waals surface area (Å²) >= 11 is 0. The number of aliphatic hydroxyl groups is 1. The van der Waals surface area contributed by atoms with Crippen LogP contribution in [0.5, 0.6) is 0 Å². The van der Waals surface area contributed by atoms with Gasteiger partial charge in [0.05, 0.1) is 6.61 Å². The molecule has 4 heteroatoms. The summed E-state index contributed by atoms with van der Waals surface area (Å²) in [7, 11) is 1.71. The van der Waals surface area contributed by atoms with Gasteiger partial charge in [-0.1, -0.05) is 6.92 Å². The van der Waals surface area contributed by atoms with E-state index in [1.807, 2.05) is 0 Å². The van der Waals surface area contributed by atoms with Crippen molar-refractivity contribution in [1.82, 2.24) is 5.32 Å². The van der Waals surface area contributed by atoms with Gasteiger partial charge in [-0.15, -0.1) is 0 Å². The van der Waals surface area contributed by atoms with Crippen LogP contribution in [0, 0.1) is 0 Å². The molecule has 4 N–H and O–H groups in total. The van der Waals surface area contributed by atoms with Crippen LogP contribution in [-0.4, -0.2) is 44.1 Å². The Morgan fingerprint density at radius 1 is 1.33 bits per heavy atom. The van der Waals surface area contributed by atoms with Crippen molar-refractivity contribution in [2.45, 2.75) is 44.7 Å².